The molecule has 0 aliphatic heterocycles. The van der Waals surface area contributed by atoms with E-state index >= 15 is 0 Å². The van der Waals surface area contributed by atoms with Crippen molar-refractivity contribution < 1.29 is 14.3 Å². The van der Waals surface area contributed by atoms with Gasteiger partial charge < -0.3 is 4.74 Å². The average Bonchev–Trinajstić information content (AvgIpc) is 2.60. The van der Waals surface area contributed by atoms with Crippen LogP contribution in [0.15, 0.2) is 34.3 Å². The van der Waals surface area contributed by atoms with E-state index in [4.69, 9.17) is 4.74 Å². The van der Waals surface area contributed by atoms with Gasteiger partial charge in [-0.25, -0.2) is 0 Å². The van der Waals surface area contributed by atoms with Crippen molar-refractivity contribution in [3.8, 4) is 0 Å². The molecule has 0 heterocycles. The highest BCUT2D eigenvalue weighted by molar-refractivity contribution is 14.1. The normalized spacial score (nSPS) is 30.8. The maximum Gasteiger partial charge on any atom is 0.172 e. The third-order valence-electron chi connectivity index (χ3n) is 7.08. The number of methoxy groups -OCH3 is 1. The predicted octanol–water partition coefficient (Wildman–Crippen LogP) is 6.84. The van der Waals surface area contributed by atoms with Crippen molar-refractivity contribution in [3.05, 3.63) is 34.3 Å². The second kappa shape index (κ2) is 8.34. The molecule has 0 unspecified atom stereocenters. The van der Waals surface area contributed by atoms with Crippen LogP contribution in [0.4, 0.5) is 0 Å². The summed E-state index contributed by atoms with van der Waals surface area (Å²) in [6, 6.07) is 0. The third-order valence-corrected chi connectivity index (χ3v) is 11.4. The van der Waals surface area contributed by atoms with Crippen LogP contribution in [0, 0.1) is 16.7 Å². The molecule has 2 aliphatic rings. The van der Waals surface area contributed by atoms with Crippen LogP contribution < -0.4 is 0 Å². The van der Waals surface area contributed by atoms with Gasteiger partial charge in [-0.2, -0.15) is 0 Å². The number of ether oxygens (including phenoxy) is 1. The topological polar surface area (TPSA) is 43.4 Å². The van der Waals surface area contributed by atoms with Crippen molar-refractivity contribution in [1.29, 1.82) is 0 Å². The molecule has 5 heteroatoms. The van der Waals surface area contributed by atoms with Gasteiger partial charge in [0.05, 0.1) is 20.6 Å². The summed E-state index contributed by atoms with van der Waals surface area (Å²) in [6.07, 6.45) is 6.32. The van der Waals surface area contributed by atoms with Crippen LogP contribution in [0.25, 0.3) is 0 Å². The standard InChI is InChI=1S/C25H39IO3Si/c1-16(2)11-12-18-15-24(14-13-17(3)4)20(27)19(30(8,9)10)21(29-7)25(26,22(24)28)23(18,5)6/h11,13,18H,12,14-15H2,1-10H3/t18-,24+,25+/m0/s1. The number of hydrogen-bond acceptors (Lipinski definition) is 3. The molecule has 2 aliphatic carbocycles. The number of fused-ring (bicyclic) bond motifs is 2. The Balaban J connectivity index is 2.91. The first-order valence-electron chi connectivity index (χ1n) is 10.9. The zero-order valence-electron chi connectivity index (χ0n) is 20.5. The Morgan fingerprint density at radius 3 is 2.07 bits per heavy atom. The fourth-order valence-electron chi connectivity index (χ4n) is 5.11. The number of carbonyl (C=O) groups excluding carboxylic acids is 2. The van der Waals surface area contributed by atoms with Gasteiger partial charge in [0.1, 0.15) is 9.18 Å². The van der Waals surface area contributed by atoms with Crippen LogP contribution in [0.2, 0.25) is 19.6 Å². The Morgan fingerprint density at radius 1 is 1.10 bits per heavy atom. The van der Waals surface area contributed by atoms with Crippen molar-refractivity contribution >= 4 is 42.2 Å². The summed E-state index contributed by atoms with van der Waals surface area (Å²) in [5.41, 5.74) is 1.10. The summed E-state index contributed by atoms with van der Waals surface area (Å²) in [5.74, 6) is 0.934. The van der Waals surface area contributed by atoms with Crippen LogP contribution in [0.5, 0.6) is 0 Å². The van der Waals surface area contributed by atoms with Gasteiger partial charge in [-0.1, -0.05) is 79.4 Å². The van der Waals surface area contributed by atoms with Gasteiger partial charge in [0.15, 0.2) is 11.6 Å². The Morgan fingerprint density at radius 2 is 1.63 bits per heavy atom. The van der Waals surface area contributed by atoms with E-state index in [2.05, 4.69) is 82.1 Å². The SMILES string of the molecule is COC1=C([Si](C)(C)C)C(=O)[C@@]2(CC=C(C)C)C[C@H](CC=C(C)C)C(C)(C)[C@]1(I)C2=O. The van der Waals surface area contributed by atoms with Crippen molar-refractivity contribution in [2.24, 2.45) is 16.7 Å². The molecule has 2 bridgehead atoms. The third kappa shape index (κ3) is 3.82. The van der Waals surface area contributed by atoms with Crippen molar-refractivity contribution in [1.82, 2.24) is 0 Å². The number of alkyl halides is 1. The van der Waals surface area contributed by atoms with E-state index in [1.165, 1.54) is 5.57 Å². The molecule has 30 heavy (non-hydrogen) atoms. The molecule has 0 spiro atoms. The molecular formula is C25H39IO3Si. The molecule has 168 valence electrons. The Kier molecular flexibility index (Phi) is 7.11. The number of allylic oxidation sites excluding steroid dienone is 6. The van der Waals surface area contributed by atoms with Crippen LogP contribution in [-0.2, 0) is 14.3 Å². The van der Waals surface area contributed by atoms with E-state index < -0.39 is 16.9 Å². The van der Waals surface area contributed by atoms with E-state index in [-0.39, 0.29) is 22.9 Å². The number of carbonyl (C=O) groups is 2. The molecule has 2 rings (SSSR count). The van der Waals surface area contributed by atoms with E-state index in [1.54, 1.807) is 7.11 Å². The van der Waals surface area contributed by atoms with E-state index in [0.717, 1.165) is 17.2 Å². The number of hydrogen-bond donors (Lipinski definition) is 0. The molecule has 0 aromatic carbocycles. The summed E-state index contributed by atoms with van der Waals surface area (Å²) in [7, 11) is -0.421. The van der Waals surface area contributed by atoms with Crippen molar-refractivity contribution in [2.75, 3.05) is 7.11 Å². The molecule has 0 radical (unpaired) electrons. The van der Waals surface area contributed by atoms with Gasteiger partial charge in [0, 0.05) is 5.20 Å². The molecule has 1 saturated carbocycles. The van der Waals surface area contributed by atoms with Crippen LogP contribution >= 0.6 is 22.6 Å². The largest absolute Gasteiger partial charge is 0.499 e. The predicted molar refractivity (Wildman–Crippen MR) is 137 cm³/mol. The summed E-state index contributed by atoms with van der Waals surface area (Å²) in [4.78, 5) is 28.4. The Hall–Kier alpha value is -0.693. The van der Waals surface area contributed by atoms with E-state index in [0.29, 0.717) is 18.6 Å². The highest BCUT2D eigenvalue weighted by atomic mass is 127. The molecule has 3 atom stereocenters. The minimum atomic E-state index is -2.05. The average molecular weight is 543 g/mol. The summed E-state index contributed by atoms with van der Waals surface area (Å²) >= 11 is 2.35. The van der Waals surface area contributed by atoms with Gasteiger partial charge in [-0.05, 0) is 58.3 Å². The minimum absolute atomic E-state index is 0.0333. The highest BCUT2D eigenvalue weighted by Gasteiger charge is 2.72. The van der Waals surface area contributed by atoms with Gasteiger partial charge >= 0.3 is 0 Å². The Labute approximate surface area is 197 Å². The fourth-order valence-corrected chi connectivity index (χ4v) is 8.70. The Bertz CT molecular complexity index is 835. The van der Waals surface area contributed by atoms with Gasteiger partial charge in [-0.15, -0.1) is 0 Å². The zero-order chi connectivity index (χ0) is 23.3. The first kappa shape index (κ1) is 25.6. The first-order chi connectivity index (χ1) is 13.6. The lowest BCUT2D eigenvalue weighted by atomic mass is 9.48. The van der Waals surface area contributed by atoms with Gasteiger partial charge in [0.2, 0.25) is 0 Å². The summed E-state index contributed by atoms with van der Waals surface area (Å²) in [5, 5.41) is 0.829. The lowest BCUT2D eigenvalue weighted by Crippen LogP contribution is -2.68. The van der Waals surface area contributed by atoms with Crippen molar-refractivity contribution in [3.63, 3.8) is 0 Å². The van der Waals surface area contributed by atoms with E-state index in [1.807, 2.05) is 13.8 Å². The highest BCUT2D eigenvalue weighted by Crippen LogP contribution is 2.65. The molecule has 0 aromatic rings. The van der Waals surface area contributed by atoms with Crippen LogP contribution in [0.3, 0.4) is 0 Å². The smallest absolute Gasteiger partial charge is 0.172 e. The van der Waals surface area contributed by atoms with Crippen LogP contribution in [0.1, 0.15) is 60.8 Å². The monoisotopic (exact) mass is 542 g/mol. The zero-order valence-corrected chi connectivity index (χ0v) is 23.6. The molecule has 0 N–H and O–H groups in total. The van der Waals surface area contributed by atoms with E-state index in [9.17, 15) is 9.59 Å². The van der Waals surface area contributed by atoms with Gasteiger partial charge in [-0.3, -0.25) is 9.59 Å². The molecule has 1 fully saturated rings. The van der Waals surface area contributed by atoms with Gasteiger partial charge in [0.25, 0.3) is 0 Å². The lowest BCUT2D eigenvalue weighted by molar-refractivity contribution is -0.152. The lowest BCUT2D eigenvalue weighted by Gasteiger charge is -2.59. The second-order valence-electron chi connectivity index (χ2n) is 11.2. The quantitative estimate of drug-likeness (QED) is 0.121. The number of ketones is 2. The van der Waals surface area contributed by atoms with Crippen molar-refractivity contribution in [2.45, 2.75) is 83.9 Å². The summed E-state index contributed by atoms with van der Waals surface area (Å²) < 4.78 is 5.14. The maximum absolute atomic E-state index is 14.2. The second-order valence-corrected chi connectivity index (χ2v) is 17.8. The molecule has 0 amide bonds. The molecule has 0 aromatic heterocycles. The maximum atomic E-state index is 14.2. The molecular weight excluding hydrogens is 503 g/mol. The number of Topliss-reactive ketones (excluding diaryl/α,β-unsaturated/α-hetero) is 2. The van der Waals surface area contributed by atoms with Crippen LogP contribution in [-0.4, -0.2) is 30.2 Å². The summed E-state index contributed by atoms with van der Waals surface area (Å²) in [6.45, 7) is 19.2. The first-order valence-corrected chi connectivity index (χ1v) is 15.5. The molecule has 3 nitrogen and oxygen atoms in total. The number of halogens is 1. The number of rotatable bonds is 6. The molecule has 0 saturated heterocycles. The fraction of sp³-hybridized carbons (Fsp3) is 0.680. The minimum Gasteiger partial charge on any atom is -0.499 e.